The van der Waals surface area contributed by atoms with E-state index in [1.807, 2.05) is 13.0 Å². The van der Waals surface area contributed by atoms with Crippen molar-refractivity contribution in [3.63, 3.8) is 0 Å². The highest BCUT2D eigenvalue weighted by Gasteiger charge is 2.50. The van der Waals surface area contributed by atoms with Crippen LogP contribution < -0.4 is 10.7 Å². The quantitative estimate of drug-likeness (QED) is 0.734. The van der Waals surface area contributed by atoms with Gasteiger partial charge in [0, 0.05) is 5.70 Å². The van der Waals surface area contributed by atoms with Crippen LogP contribution in [0.15, 0.2) is 60.3 Å². The van der Waals surface area contributed by atoms with E-state index in [9.17, 15) is 9.90 Å². The van der Waals surface area contributed by atoms with Crippen molar-refractivity contribution in [1.29, 1.82) is 0 Å². The molecule has 3 aliphatic rings. The fraction of sp³-hybridized carbons (Fsp3) is 0.375. The number of phenols is 1. The summed E-state index contributed by atoms with van der Waals surface area (Å²) in [5.74, 6) is 0.169. The van der Waals surface area contributed by atoms with Gasteiger partial charge in [-0.25, -0.2) is 10.4 Å². The summed E-state index contributed by atoms with van der Waals surface area (Å²) >= 11 is 0. The first-order valence-corrected chi connectivity index (χ1v) is 10.8. The molecule has 0 saturated carbocycles. The van der Waals surface area contributed by atoms with Gasteiger partial charge in [0.1, 0.15) is 11.9 Å². The van der Waals surface area contributed by atoms with Gasteiger partial charge in [-0.2, -0.15) is 0 Å². The fourth-order valence-corrected chi connectivity index (χ4v) is 5.08. The van der Waals surface area contributed by atoms with E-state index in [-0.39, 0.29) is 29.9 Å². The number of benzene rings is 2. The van der Waals surface area contributed by atoms with Gasteiger partial charge >= 0.3 is 0 Å². The maximum atomic E-state index is 13.6. The Hall–Kier alpha value is -2.83. The summed E-state index contributed by atoms with van der Waals surface area (Å²) < 4.78 is 0. The van der Waals surface area contributed by atoms with E-state index in [1.54, 1.807) is 29.3 Å². The van der Waals surface area contributed by atoms with E-state index in [0.717, 1.165) is 24.4 Å². The highest BCUT2D eigenvalue weighted by atomic mass is 16.3. The second-order valence-electron chi connectivity index (χ2n) is 8.42. The minimum absolute atomic E-state index is 0.0256. The van der Waals surface area contributed by atoms with Gasteiger partial charge in [-0.05, 0) is 56.1 Å². The average molecular weight is 405 g/mol. The Kier molecular flexibility index (Phi) is 4.97. The van der Waals surface area contributed by atoms with Crippen molar-refractivity contribution in [3.05, 3.63) is 71.4 Å². The number of likely N-dealkylation sites (tertiary alicyclic amines) is 1. The van der Waals surface area contributed by atoms with Gasteiger partial charge in [-0.15, -0.1) is 0 Å². The molecule has 30 heavy (non-hydrogen) atoms. The van der Waals surface area contributed by atoms with Gasteiger partial charge < -0.3 is 10.4 Å². The number of amides is 1. The highest BCUT2D eigenvalue weighted by Crippen LogP contribution is 2.37. The van der Waals surface area contributed by atoms with E-state index in [1.165, 1.54) is 24.8 Å². The molecule has 0 aromatic heterocycles. The second-order valence-corrected chi connectivity index (χ2v) is 8.42. The molecule has 3 N–H and O–H groups in total. The molecule has 6 nitrogen and oxygen atoms in total. The Morgan fingerprint density at radius 3 is 2.37 bits per heavy atom. The number of rotatable bonds is 3. The number of nitrogens with one attached hydrogen (secondary N) is 2. The normalized spacial score (nSPS) is 27.2. The largest absolute Gasteiger partial charge is 0.508 e. The Bertz CT molecular complexity index is 951. The number of hydrogen-bond donors (Lipinski definition) is 3. The van der Waals surface area contributed by atoms with Crippen molar-refractivity contribution in [2.75, 3.05) is 13.1 Å². The maximum Gasteiger partial charge on any atom is 0.272 e. The molecule has 0 bridgehead atoms. The molecule has 2 aromatic carbocycles. The van der Waals surface area contributed by atoms with E-state index in [4.69, 9.17) is 0 Å². The first-order chi connectivity index (χ1) is 14.6. The van der Waals surface area contributed by atoms with Crippen LogP contribution >= 0.6 is 0 Å². The monoisotopic (exact) mass is 404 g/mol. The van der Waals surface area contributed by atoms with Crippen LogP contribution in [0.2, 0.25) is 0 Å². The molecule has 2 saturated heterocycles. The number of hydrazine groups is 1. The van der Waals surface area contributed by atoms with Crippen LogP contribution in [0, 0.1) is 0 Å². The molecule has 0 radical (unpaired) electrons. The summed E-state index contributed by atoms with van der Waals surface area (Å²) in [6.07, 6.45) is 3.55. The van der Waals surface area contributed by atoms with Crippen molar-refractivity contribution >= 4 is 11.5 Å². The van der Waals surface area contributed by atoms with Gasteiger partial charge in [-0.3, -0.25) is 9.69 Å². The highest BCUT2D eigenvalue weighted by molar-refractivity contribution is 6.21. The Morgan fingerprint density at radius 1 is 0.967 bits per heavy atom. The lowest BCUT2D eigenvalue weighted by Crippen LogP contribution is -2.59. The molecular formula is C24H28N4O2. The molecule has 0 spiro atoms. The summed E-state index contributed by atoms with van der Waals surface area (Å²) in [6.45, 7) is 4.09. The number of hydrogen-bond acceptors (Lipinski definition) is 5. The molecule has 156 valence electrons. The lowest BCUT2D eigenvalue weighted by atomic mass is 9.94. The smallest absolute Gasteiger partial charge is 0.272 e. The van der Waals surface area contributed by atoms with Crippen molar-refractivity contribution in [2.24, 2.45) is 0 Å². The SMILES string of the molecule is CC1=C(c2ccc(O)cc2)C(=O)N2NC(c3ccccc3)C(N3CCCCC3)C2N1. The summed E-state index contributed by atoms with van der Waals surface area (Å²) in [7, 11) is 0. The number of carbonyl (C=O) groups is 1. The lowest BCUT2D eigenvalue weighted by molar-refractivity contribution is -0.130. The molecule has 1 amide bonds. The lowest BCUT2D eigenvalue weighted by Gasteiger charge is -2.40. The minimum atomic E-state index is -0.123. The predicted molar refractivity (Wildman–Crippen MR) is 116 cm³/mol. The number of piperidine rings is 1. The number of carbonyl (C=O) groups excluding carboxylic acids is 1. The molecule has 3 atom stereocenters. The third kappa shape index (κ3) is 3.26. The summed E-state index contributed by atoms with van der Waals surface area (Å²) in [6, 6.07) is 17.4. The number of aromatic hydroxyl groups is 1. The second kappa shape index (κ2) is 7.78. The first-order valence-electron chi connectivity index (χ1n) is 10.8. The first kappa shape index (κ1) is 19.2. The predicted octanol–water partition coefficient (Wildman–Crippen LogP) is 3.00. The third-order valence-electron chi connectivity index (χ3n) is 6.52. The van der Waals surface area contributed by atoms with Crippen molar-refractivity contribution < 1.29 is 9.90 Å². The van der Waals surface area contributed by atoms with Gasteiger partial charge in [0.25, 0.3) is 5.91 Å². The molecule has 0 aliphatic carbocycles. The average Bonchev–Trinajstić information content (AvgIpc) is 3.16. The van der Waals surface area contributed by atoms with Gasteiger partial charge in [0.15, 0.2) is 0 Å². The van der Waals surface area contributed by atoms with Crippen LogP contribution in [0.4, 0.5) is 0 Å². The molecule has 2 aromatic rings. The molecule has 5 rings (SSSR count). The topological polar surface area (TPSA) is 67.8 Å². The van der Waals surface area contributed by atoms with Crippen LogP contribution in [0.3, 0.4) is 0 Å². The zero-order valence-electron chi connectivity index (χ0n) is 17.2. The van der Waals surface area contributed by atoms with Gasteiger partial charge in [0.05, 0.1) is 17.7 Å². The van der Waals surface area contributed by atoms with E-state index in [2.05, 4.69) is 39.9 Å². The van der Waals surface area contributed by atoms with E-state index < -0.39 is 0 Å². The molecule has 3 unspecified atom stereocenters. The standard InChI is InChI=1S/C24H28N4O2/c1-16-20(17-10-12-19(29)13-11-17)24(30)28-23(25-16)22(27-14-6-3-7-15-27)21(26-28)18-8-4-2-5-9-18/h2,4-5,8-13,21-23,25-26,29H,3,6-7,14-15H2,1H3. The van der Waals surface area contributed by atoms with Crippen LogP contribution in [0.5, 0.6) is 5.75 Å². The summed E-state index contributed by atoms with van der Waals surface area (Å²) in [4.78, 5) is 16.1. The number of phenolic OH excluding ortho intramolecular Hbond substituents is 1. The summed E-state index contributed by atoms with van der Waals surface area (Å²) in [5.41, 5.74) is 7.06. The van der Waals surface area contributed by atoms with E-state index >= 15 is 0 Å². The van der Waals surface area contributed by atoms with Crippen LogP contribution in [0.25, 0.3) is 5.57 Å². The van der Waals surface area contributed by atoms with Crippen LogP contribution in [-0.4, -0.2) is 46.2 Å². The number of nitrogens with zero attached hydrogens (tertiary/aromatic N) is 2. The zero-order chi connectivity index (χ0) is 20.7. The van der Waals surface area contributed by atoms with Crippen molar-refractivity contribution in [1.82, 2.24) is 20.7 Å². The Morgan fingerprint density at radius 2 is 1.67 bits per heavy atom. The number of fused-ring (bicyclic) bond motifs is 1. The molecule has 2 fully saturated rings. The third-order valence-corrected chi connectivity index (χ3v) is 6.52. The molecular weight excluding hydrogens is 376 g/mol. The molecule has 3 aliphatic heterocycles. The Labute approximate surface area is 177 Å². The van der Waals surface area contributed by atoms with Gasteiger partial charge in [-0.1, -0.05) is 48.9 Å². The van der Waals surface area contributed by atoms with Gasteiger partial charge in [0.2, 0.25) is 0 Å². The maximum absolute atomic E-state index is 13.6. The van der Waals surface area contributed by atoms with Crippen molar-refractivity contribution in [3.8, 4) is 5.75 Å². The molecule has 3 heterocycles. The van der Waals surface area contributed by atoms with Crippen LogP contribution in [0.1, 0.15) is 43.4 Å². The summed E-state index contributed by atoms with van der Waals surface area (Å²) in [5, 5.41) is 15.1. The molecule has 6 heteroatoms. The van der Waals surface area contributed by atoms with Crippen LogP contribution in [-0.2, 0) is 4.79 Å². The van der Waals surface area contributed by atoms with Crippen molar-refractivity contribution in [2.45, 2.75) is 44.4 Å². The van der Waals surface area contributed by atoms with E-state index in [0.29, 0.717) is 5.57 Å². The number of allylic oxidation sites excluding steroid dienone is 1. The Balaban J connectivity index is 1.52. The minimum Gasteiger partial charge on any atom is -0.508 e. The zero-order valence-corrected chi connectivity index (χ0v) is 17.2. The fourth-order valence-electron chi connectivity index (χ4n) is 5.08.